The molecule has 1 aromatic rings. The van der Waals surface area contributed by atoms with Crippen molar-refractivity contribution < 1.29 is 14.3 Å². The molecule has 3 fully saturated rings. The first-order valence-corrected chi connectivity index (χ1v) is 10.2. The zero-order chi connectivity index (χ0) is 18.6. The molecule has 2 bridgehead atoms. The third-order valence-corrected chi connectivity index (χ3v) is 8.09. The maximum atomic E-state index is 12.6. The Hall–Kier alpha value is -1.60. The van der Waals surface area contributed by atoms with Crippen molar-refractivity contribution in [2.75, 3.05) is 11.9 Å². The first-order valence-electron chi connectivity index (χ1n) is 9.38. The first kappa shape index (κ1) is 17.8. The second-order valence-corrected chi connectivity index (χ2v) is 9.64. The van der Waals surface area contributed by atoms with Gasteiger partial charge in [-0.1, -0.05) is 20.8 Å². The summed E-state index contributed by atoms with van der Waals surface area (Å²) in [7, 11) is 0. The predicted octanol–water partition coefficient (Wildman–Crippen LogP) is 3.11. The molecule has 4 aliphatic rings. The topological polar surface area (TPSA) is 93.5 Å². The number of thiophene rings is 1. The van der Waals surface area contributed by atoms with Crippen LogP contribution in [0.1, 0.15) is 54.4 Å². The van der Waals surface area contributed by atoms with E-state index in [1.165, 1.54) is 17.8 Å². The van der Waals surface area contributed by atoms with Crippen molar-refractivity contribution in [3.63, 3.8) is 0 Å². The van der Waals surface area contributed by atoms with Gasteiger partial charge in [0.1, 0.15) is 5.00 Å². The van der Waals surface area contributed by atoms with E-state index < -0.39 is 5.91 Å². The van der Waals surface area contributed by atoms with E-state index in [9.17, 15) is 9.59 Å². The quantitative estimate of drug-likeness (QED) is 0.755. The standard InChI is InChI=1S/C19H27N3O3S/c1-9-12-6-10(19(12,2)3)7-13(9)21-18(24)22-17-15(16(20)23)11-4-5-25-8-14(11)26-17/h9-10,12-13H,4-8H2,1-3H3,(H2,20,23)(H2,21,22,24). The van der Waals surface area contributed by atoms with Crippen LogP contribution in [0.25, 0.3) is 0 Å². The normalized spacial score (nSPS) is 31.5. The van der Waals surface area contributed by atoms with Gasteiger partial charge in [0.25, 0.3) is 5.91 Å². The molecule has 3 saturated carbocycles. The number of nitrogens with two attached hydrogens (primary N) is 1. The lowest BCUT2D eigenvalue weighted by Crippen LogP contribution is -2.61. The zero-order valence-electron chi connectivity index (χ0n) is 15.6. The van der Waals surface area contributed by atoms with Gasteiger partial charge in [-0.05, 0) is 48.0 Å². The van der Waals surface area contributed by atoms with Crippen LogP contribution in [0.3, 0.4) is 0 Å². The Morgan fingerprint density at radius 3 is 2.73 bits per heavy atom. The van der Waals surface area contributed by atoms with E-state index >= 15 is 0 Å². The summed E-state index contributed by atoms with van der Waals surface area (Å²) in [6, 6.07) is -0.0651. The van der Waals surface area contributed by atoms with Crippen molar-refractivity contribution >= 4 is 28.3 Å². The second kappa shape index (κ2) is 6.23. The molecule has 4 unspecified atom stereocenters. The van der Waals surface area contributed by atoms with Gasteiger partial charge in [-0.15, -0.1) is 11.3 Å². The molecule has 142 valence electrons. The van der Waals surface area contributed by atoms with Crippen LogP contribution >= 0.6 is 11.3 Å². The Bertz CT molecular complexity index is 757. The molecule has 4 atom stereocenters. The fraction of sp³-hybridized carbons (Fsp3) is 0.684. The number of primary amides is 1. The Kier molecular flexibility index (Phi) is 4.27. The summed E-state index contributed by atoms with van der Waals surface area (Å²) < 4.78 is 5.45. The van der Waals surface area contributed by atoms with Crippen LogP contribution in [0.15, 0.2) is 0 Å². The van der Waals surface area contributed by atoms with Crippen LogP contribution < -0.4 is 16.4 Å². The van der Waals surface area contributed by atoms with Crippen LogP contribution in [0.2, 0.25) is 0 Å². The lowest BCUT2D eigenvalue weighted by atomic mass is 9.45. The minimum absolute atomic E-state index is 0.182. The zero-order valence-corrected chi connectivity index (χ0v) is 16.4. The molecule has 26 heavy (non-hydrogen) atoms. The molecule has 0 radical (unpaired) electrons. The molecular weight excluding hydrogens is 350 g/mol. The molecule has 6 nitrogen and oxygen atoms in total. The van der Waals surface area contributed by atoms with E-state index in [-0.39, 0.29) is 12.1 Å². The number of anilines is 1. The summed E-state index contributed by atoms with van der Waals surface area (Å²) in [5, 5.41) is 6.56. The number of carbonyl (C=O) groups is 2. The molecule has 0 aromatic carbocycles. The molecule has 5 rings (SSSR count). The number of amides is 3. The number of hydrogen-bond acceptors (Lipinski definition) is 4. The van der Waals surface area contributed by atoms with Crippen LogP contribution in [-0.4, -0.2) is 24.6 Å². The number of nitrogens with one attached hydrogen (secondary N) is 2. The fourth-order valence-electron chi connectivity index (χ4n) is 5.23. The van der Waals surface area contributed by atoms with Gasteiger partial charge in [-0.25, -0.2) is 4.79 Å². The number of carbonyl (C=O) groups excluding carboxylic acids is 2. The highest BCUT2D eigenvalue weighted by Gasteiger charge is 2.56. The molecule has 2 heterocycles. The van der Waals surface area contributed by atoms with Gasteiger partial charge >= 0.3 is 6.03 Å². The molecule has 3 aliphatic carbocycles. The van der Waals surface area contributed by atoms with Crippen molar-refractivity contribution in [2.24, 2.45) is 28.9 Å². The van der Waals surface area contributed by atoms with Crippen molar-refractivity contribution in [1.29, 1.82) is 0 Å². The van der Waals surface area contributed by atoms with Crippen molar-refractivity contribution in [1.82, 2.24) is 5.32 Å². The summed E-state index contributed by atoms with van der Waals surface area (Å²) in [6.45, 7) is 7.98. The fourth-order valence-corrected chi connectivity index (χ4v) is 6.41. The summed E-state index contributed by atoms with van der Waals surface area (Å²) in [4.78, 5) is 25.5. The van der Waals surface area contributed by atoms with E-state index in [4.69, 9.17) is 10.5 Å². The van der Waals surface area contributed by atoms with Gasteiger partial charge in [0, 0.05) is 10.9 Å². The van der Waals surface area contributed by atoms with Crippen LogP contribution in [0.4, 0.5) is 9.80 Å². The van der Waals surface area contributed by atoms with Crippen LogP contribution in [-0.2, 0) is 17.8 Å². The molecule has 3 amide bonds. The monoisotopic (exact) mass is 377 g/mol. The molecule has 1 aromatic heterocycles. The maximum absolute atomic E-state index is 12.6. The average molecular weight is 378 g/mol. The smallest absolute Gasteiger partial charge is 0.320 e. The second-order valence-electron chi connectivity index (χ2n) is 8.54. The van der Waals surface area contributed by atoms with Gasteiger partial charge < -0.3 is 15.8 Å². The number of hydrogen-bond donors (Lipinski definition) is 3. The van der Waals surface area contributed by atoms with E-state index in [1.807, 2.05) is 0 Å². The lowest BCUT2D eigenvalue weighted by Gasteiger charge is -2.62. The van der Waals surface area contributed by atoms with Gasteiger partial charge in [-0.3, -0.25) is 10.1 Å². The third-order valence-electron chi connectivity index (χ3n) is 6.96. The van der Waals surface area contributed by atoms with Crippen molar-refractivity contribution in [3.8, 4) is 0 Å². The summed E-state index contributed by atoms with van der Waals surface area (Å²) in [5.74, 6) is 1.32. The van der Waals surface area contributed by atoms with Crippen molar-refractivity contribution in [2.45, 2.75) is 52.7 Å². The Morgan fingerprint density at radius 1 is 1.31 bits per heavy atom. The lowest BCUT2D eigenvalue weighted by molar-refractivity contribution is -0.112. The van der Waals surface area contributed by atoms with Crippen LogP contribution in [0.5, 0.6) is 0 Å². The van der Waals surface area contributed by atoms with Gasteiger partial charge in [-0.2, -0.15) is 0 Å². The Balaban J connectivity index is 1.46. The minimum Gasteiger partial charge on any atom is -0.376 e. The highest BCUT2D eigenvalue weighted by atomic mass is 32.1. The minimum atomic E-state index is -0.492. The van der Waals surface area contributed by atoms with E-state index in [2.05, 4.69) is 31.4 Å². The highest BCUT2D eigenvalue weighted by molar-refractivity contribution is 7.17. The van der Waals surface area contributed by atoms with E-state index in [0.29, 0.717) is 53.4 Å². The largest absolute Gasteiger partial charge is 0.376 e. The first-order chi connectivity index (χ1) is 12.3. The van der Waals surface area contributed by atoms with Gasteiger partial charge in [0.2, 0.25) is 0 Å². The number of ether oxygens (including phenoxy) is 1. The molecule has 0 saturated heterocycles. The van der Waals surface area contributed by atoms with Gasteiger partial charge in [0.15, 0.2) is 0 Å². The molecule has 0 spiro atoms. The van der Waals surface area contributed by atoms with Crippen LogP contribution in [0, 0.1) is 23.2 Å². The number of rotatable bonds is 3. The highest BCUT2D eigenvalue weighted by Crippen LogP contribution is 2.61. The third kappa shape index (κ3) is 2.72. The Morgan fingerprint density at radius 2 is 2.08 bits per heavy atom. The molecular formula is C19H27N3O3S. The maximum Gasteiger partial charge on any atom is 0.320 e. The van der Waals surface area contributed by atoms with Crippen molar-refractivity contribution in [3.05, 3.63) is 16.0 Å². The molecule has 7 heteroatoms. The molecule has 4 N–H and O–H groups in total. The summed E-state index contributed by atoms with van der Waals surface area (Å²) >= 11 is 1.39. The number of urea groups is 1. The summed E-state index contributed by atoms with van der Waals surface area (Å²) in [5.41, 5.74) is 7.34. The number of fused-ring (bicyclic) bond motifs is 3. The SMILES string of the molecule is CC1C(NC(=O)Nc2sc3c(c2C(N)=O)CCOC3)CC2CC1C2(C)C. The molecule has 1 aliphatic heterocycles. The predicted molar refractivity (Wildman–Crippen MR) is 101 cm³/mol. The average Bonchev–Trinajstić information content (AvgIpc) is 2.93. The van der Waals surface area contributed by atoms with Gasteiger partial charge in [0.05, 0.1) is 18.8 Å². The summed E-state index contributed by atoms with van der Waals surface area (Å²) in [6.07, 6.45) is 2.96. The van der Waals surface area contributed by atoms with E-state index in [0.717, 1.165) is 16.9 Å². The van der Waals surface area contributed by atoms with E-state index in [1.54, 1.807) is 0 Å². The Labute approximate surface area is 157 Å².